The molecule has 0 saturated heterocycles. The molecule has 3 rings (SSSR count). The molecule has 0 amide bonds. The molecule has 0 aromatic carbocycles. The second kappa shape index (κ2) is 5.70. The van der Waals surface area contributed by atoms with Gasteiger partial charge in [-0.2, -0.15) is 0 Å². The Kier molecular flexibility index (Phi) is 3.97. The predicted octanol–water partition coefficient (Wildman–Crippen LogP) is 4.49. The number of carbonyl (C=O) groups excluding carboxylic acids is 1. The predicted molar refractivity (Wildman–Crippen MR) is 84.5 cm³/mol. The molecule has 0 N–H and O–H groups in total. The van der Waals surface area contributed by atoms with Crippen LogP contribution in [0.5, 0.6) is 0 Å². The van der Waals surface area contributed by atoms with E-state index in [1.165, 1.54) is 23.1 Å². The minimum atomic E-state index is 0.127. The van der Waals surface area contributed by atoms with Crippen LogP contribution in [0.1, 0.15) is 9.67 Å². The number of nitrogens with zero attached hydrogens (tertiary/aromatic N) is 2. The van der Waals surface area contributed by atoms with Crippen LogP contribution in [-0.4, -0.2) is 21.5 Å². The van der Waals surface area contributed by atoms with E-state index >= 15 is 0 Å². The first-order valence-corrected chi connectivity index (χ1v) is 8.81. The number of carbonyl (C=O) groups is 1. The van der Waals surface area contributed by atoms with E-state index in [2.05, 4.69) is 25.9 Å². The summed E-state index contributed by atoms with van der Waals surface area (Å²) in [5.74, 6) is 0.525. The number of hydrogen-bond donors (Lipinski definition) is 0. The third kappa shape index (κ3) is 2.89. The molecule has 0 spiro atoms. The van der Waals surface area contributed by atoms with E-state index in [1.807, 2.05) is 23.6 Å². The molecule has 0 saturated carbocycles. The van der Waals surface area contributed by atoms with Crippen LogP contribution in [0.3, 0.4) is 0 Å². The Balaban J connectivity index is 1.76. The maximum Gasteiger partial charge on any atom is 0.183 e. The molecule has 0 bridgehead atoms. The Labute approximate surface area is 130 Å². The highest BCUT2D eigenvalue weighted by Crippen LogP contribution is 2.29. The molecule has 0 aliphatic carbocycles. The lowest BCUT2D eigenvalue weighted by atomic mass is 10.4. The summed E-state index contributed by atoms with van der Waals surface area (Å²) < 4.78 is 0.975. The summed E-state index contributed by atoms with van der Waals surface area (Å²) in [6.45, 7) is 0. The number of ketones is 1. The second-order valence-electron chi connectivity index (χ2n) is 3.63. The van der Waals surface area contributed by atoms with Crippen molar-refractivity contribution < 1.29 is 4.79 Å². The lowest BCUT2D eigenvalue weighted by Gasteiger charge is -2.00. The number of fused-ring (bicyclic) bond motifs is 1. The van der Waals surface area contributed by atoms with Crippen molar-refractivity contribution in [1.29, 1.82) is 0 Å². The molecular weight excluding hydrogens is 364 g/mol. The van der Waals surface area contributed by atoms with Crippen LogP contribution in [0.2, 0.25) is 0 Å². The summed E-state index contributed by atoms with van der Waals surface area (Å²) in [4.78, 5) is 22.2. The van der Waals surface area contributed by atoms with Gasteiger partial charge in [0.2, 0.25) is 0 Å². The largest absolute Gasteiger partial charge is 0.292 e. The third-order valence-electron chi connectivity index (χ3n) is 2.41. The van der Waals surface area contributed by atoms with Gasteiger partial charge < -0.3 is 0 Å². The Morgan fingerprint density at radius 1 is 1.32 bits per heavy atom. The monoisotopic (exact) mass is 370 g/mol. The molecule has 0 unspecified atom stereocenters. The number of Topliss-reactive ketones (excluding diaryl/α,β-unsaturated/α-hetero) is 1. The molecule has 0 aliphatic rings. The van der Waals surface area contributed by atoms with Gasteiger partial charge in [0, 0.05) is 5.39 Å². The second-order valence-corrected chi connectivity index (χ2v) is 7.96. The molecule has 0 atom stereocenters. The van der Waals surface area contributed by atoms with Crippen molar-refractivity contribution in [3.05, 3.63) is 38.6 Å². The van der Waals surface area contributed by atoms with E-state index < -0.39 is 0 Å². The first-order valence-electron chi connectivity index (χ1n) is 5.33. The zero-order valence-corrected chi connectivity index (χ0v) is 13.5. The molecule has 0 radical (unpaired) electrons. The van der Waals surface area contributed by atoms with Gasteiger partial charge in [0.1, 0.15) is 16.2 Å². The quantitative estimate of drug-likeness (QED) is 0.385. The maximum atomic E-state index is 12.0. The van der Waals surface area contributed by atoms with Crippen LogP contribution in [0.25, 0.3) is 10.2 Å². The van der Waals surface area contributed by atoms with Crippen molar-refractivity contribution in [1.82, 2.24) is 9.97 Å². The summed E-state index contributed by atoms with van der Waals surface area (Å²) in [7, 11) is 0. The lowest BCUT2D eigenvalue weighted by molar-refractivity contribution is 0.102. The minimum absolute atomic E-state index is 0.127. The molecule has 3 aromatic heterocycles. The fourth-order valence-electron chi connectivity index (χ4n) is 1.55. The molecule has 96 valence electrons. The highest BCUT2D eigenvalue weighted by Gasteiger charge is 2.12. The molecular formula is C12H7BrN2OS3. The van der Waals surface area contributed by atoms with Gasteiger partial charge in [-0.05, 0) is 39.5 Å². The van der Waals surface area contributed by atoms with E-state index in [-0.39, 0.29) is 5.78 Å². The first-order chi connectivity index (χ1) is 9.24. The Hall–Kier alpha value is -0.760. The summed E-state index contributed by atoms with van der Waals surface area (Å²) in [5.41, 5.74) is 0. The maximum absolute atomic E-state index is 12.0. The number of thiophene rings is 2. The number of thioether (sulfide) groups is 1. The fraction of sp³-hybridized carbons (Fsp3) is 0.0833. The van der Waals surface area contributed by atoms with Crippen LogP contribution >= 0.6 is 50.4 Å². The Morgan fingerprint density at radius 3 is 3.00 bits per heavy atom. The van der Waals surface area contributed by atoms with Crippen LogP contribution in [0.4, 0.5) is 0 Å². The Bertz CT molecular complexity index is 737. The third-order valence-corrected chi connectivity index (χ3v) is 5.90. The van der Waals surface area contributed by atoms with E-state index in [4.69, 9.17) is 0 Å². The topological polar surface area (TPSA) is 42.9 Å². The lowest BCUT2D eigenvalue weighted by Crippen LogP contribution is -1.99. The summed E-state index contributed by atoms with van der Waals surface area (Å²) >= 11 is 7.87. The van der Waals surface area contributed by atoms with Gasteiger partial charge in [0.25, 0.3) is 0 Å². The summed E-state index contributed by atoms with van der Waals surface area (Å²) in [6, 6.07) is 5.73. The van der Waals surface area contributed by atoms with Gasteiger partial charge >= 0.3 is 0 Å². The average Bonchev–Trinajstić information content (AvgIpc) is 3.04. The van der Waals surface area contributed by atoms with E-state index in [0.717, 1.165) is 23.9 Å². The van der Waals surface area contributed by atoms with Crippen LogP contribution in [-0.2, 0) is 0 Å². The zero-order chi connectivity index (χ0) is 13.2. The Morgan fingerprint density at radius 2 is 2.21 bits per heavy atom. The van der Waals surface area contributed by atoms with Crippen molar-refractivity contribution in [2.45, 2.75) is 5.03 Å². The SMILES string of the molecule is O=C(CSc1ncnc2sccc12)c1ccc(Br)s1. The molecule has 7 heteroatoms. The highest BCUT2D eigenvalue weighted by molar-refractivity contribution is 9.11. The van der Waals surface area contributed by atoms with Gasteiger partial charge in [-0.15, -0.1) is 22.7 Å². The van der Waals surface area contributed by atoms with Gasteiger partial charge in [-0.3, -0.25) is 4.79 Å². The number of hydrogen-bond acceptors (Lipinski definition) is 6. The molecule has 19 heavy (non-hydrogen) atoms. The zero-order valence-electron chi connectivity index (χ0n) is 9.50. The van der Waals surface area contributed by atoms with E-state index in [1.54, 1.807) is 17.7 Å². The normalized spacial score (nSPS) is 11.0. The van der Waals surface area contributed by atoms with Crippen molar-refractivity contribution in [3.8, 4) is 0 Å². The minimum Gasteiger partial charge on any atom is -0.292 e. The van der Waals surface area contributed by atoms with Gasteiger partial charge in [0.05, 0.1) is 14.4 Å². The molecule has 3 aromatic rings. The van der Waals surface area contributed by atoms with Crippen molar-refractivity contribution in [2.24, 2.45) is 0 Å². The van der Waals surface area contributed by atoms with Gasteiger partial charge in [-0.1, -0.05) is 11.8 Å². The molecule has 3 heterocycles. The molecule has 0 fully saturated rings. The van der Waals surface area contributed by atoms with Crippen molar-refractivity contribution >= 4 is 66.4 Å². The average molecular weight is 371 g/mol. The van der Waals surface area contributed by atoms with Crippen molar-refractivity contribution in [3.63, 3.8) is 0 Å². The van der Waals surface area contributed by atoms with Gasteiger partial charge in [0.15, 0.2) is 5.78 Å². The highest BCUT2D eigenvalue weighted by atomic mass is 79.9. The van der Waals surface area contributed by atoms with E-state index in [9.17, 15) is 4.79 Å². The number of rotatable bonds is 4. The smallest absolute Gasteiger partial charge is 0.183 e. The fourth-order valence-corrected chi connectivity index (χ4v) is 4.63. The van der Waals surface area contributed by atoms with Crippen LogP contribution in [0, 0.1) is 0 Å². The molecule has 3 nitrogen and oxygen atoms in total. The molecule has 0 aliphatic heterocycles. The van der Waals surface area contributed by atoms with Crippen LogP contribution in [0.15, 0.2) is 38.7 Å². The van der Waals surface area contributed by atoms with Crippen LogP contribution < -0.4 is 0 Å². The summed E-state index contributed by atoms with van der Waals surface area (Å²) in [5, 5.41) is 3.88. The number of halogens is 1. The standard InChI is InChI=1S/C12H7BrN2OS3/c13-10-2-1-9(19-10)8(16)5-18-12-7-3-4-17-11(7)14-6-15-12/h1-4,6H,5H2. The first kappa shape index (κ1) is 13.2. The van der Waals surface area contributed by atoms with Crippen molar-refractivity contribution in [2.75, 3.05) is 5.75 Å². The summed E-state index contributed by atoms with van der Waals surface area (Å²) in [6.07, 6.45) is 1.55. The number of aromatic nitrogens is 2. The van der Waals surface area contributed by atoms with E-state index in [0.29, 0.717) is 5.75 Å². The van der Waals surface area contributed by atoms with Gasteiger partial charge in [-0.25, -0.2) is 9.97 Å².